The highest BCUT2D eigenvalue weighted by Crippen LogP contribution is 2.62. The Labute approximate surface area is 345 Å². The van der Waals surface area contributed by atoms with E-state index >= 15 is 0 Å². The van der Waals surface area contributed by atoms with Crippen molar-refractivity contribution < 1.29 is 4.74 Å². The fourth-order valence-electron chi connectivity index (χ4n) is 9.61. The van der Waals surface area contributed by atoms with Crippen molar-refractivity contribution in [1.82, 2.24) is 9.97 Å². The van der Waals surface area contributed by atoms with Crippen molar-refractivity contribution in [2.24, 2.45) is 0 Å². The average Bonchev–Trinajstić information content (AvgIpc) is 3.31. The molecule has 0 unspecified atom stereocenters. The summed E-state index contributed by atoms with van der Waals surface area (Å²) in [6.07, 6.45) is 0. The van der Waals surface area contributed by atoms with Crippen LogP contribution in [0.2, 0.25) is 0 Å². The van der Waals surface area contributed by atoms with Gasteiger partial charge < -0.3 is 4.74 Å². The van der Waals surface area contributed by atoms with Crippen LogP contribution in [0.15, 0.2) is 206 Å². The van der Waals surface area contributed by atoms with Gasteiger partial charge in [-0.15, -0.1) is 0 Å². The number of ether oxygens (including phenoxy) is 1. The molecule has 1 spiro atoms. The van der Waals surface area contributed by atoms with Gasteiger partial charge in [-0.2, -0.15) is 0 Å². The molecule has 0 N–H and O–H groups in total. The summed E-state index contributed by atoms with van der Waals surface area (Å²) in [5.41, 5.74) is 15.8. The van der Waals surface area contributed by atoms with Gasteiger partial charge in [0.15, 0.2) is 5.82 Å². The lowest BCUT2D eigenvalue weighted by Gasteiger charge is -2.50. The Morgan fingerprint density at radius 3 is 1.29 bits per heavy atom. The monoisotopic (exact) mass is 756 g/mol. The van der Waals surface area contributed by atoms with Crippen LogP contribution in [0.4, 0.5) is 0 Å². The van der Waals surface area contributed by atoms with Crippen LogP contribution >= 0.6 is 0 Å². The summed E-state index contributed by atoms with van der Waals surface area (Å²) in [4.78, 5) is 10.8. The molecule has 0 atom stereocenters. The number of aromatic nitrogens is 2. The molecule has 0 saturated heterocycles. The normalized spacial score (nSPS) is 14.0. The molecule has 280 valence electrons. The lowest BCUT2D eigenvalue weighted by atomic mass is 9.53. The Hall–Kier alpha value is -7.36. The second kappa shape index (κ2) is 13.6. The molecule has 1 aliphatic heterocycles. The topological polar surface area (TPSA) is 35.0 Å². The number of benzene rings is 8. The molecule has 8 aromatic carbocycles. The fraction of sp³-hybridized carbons (Fsp3) is 0.0714. The molecule has 0 amide bonds. The summed E-state index contributed by atoms with van der Waals surface area (Å²) in [5, 5.41) is 0. The van der Waals surface area contributed by atoms with E-state index < -0.39 is 5.41 Å². The SMILES string of the molecule is CC1(C)c2ccccc2C2(c3ccccc3Oc3c(-c4nc(-c5ccc(-c6ccccc6)cc5)cc(-c5ccc(-c6ccccc6)cc5)n4)cccc32)c2ccccc21. The maximum atomic E-state index is 7.11. The third-order valence-electron chi connectivity index (χ3n) is 12.5. The van der Waals surface area contributed by atoms with Crippen molar-refractivity contribution in [3.8, 4) is 67.7 Å². The van der Waals surface area contributed by atoms with Crippen molar-refractivity contribution >= 4 is 0 Å². The first-order valence-corrected chi connectivity index (χ1v) is 20.3. The van der Waals surface area contributed by atoms with E-state index in [0.717, 1.165) is 61.8 Å². The quantitative estimate of drug-likeness (QED) is 0.175. The predicted octanol–water partition coefficient (Wildman–Crippen LogP) is 13.9. The van der Waals surface area contributed by atoms with Crippen molar-refractivity contribution in [3.63, 3.8) is 0 Å². The van der Waals surface area contributed by atoms with Crippen molar-refractivity contribution in [2.45, 2.75) is 24.7 Å². The molecule has 0 fully saturated rings. The Bertz CT molecular complexity index is 2870. The van der Waals surface area contributed by atoms with E-state index in [4.69, 9.17) is 14.7 Å². The second-order valence-corrected chi connectivity index (χ2v) is 16.1. The highest BCUT2D eigenvalue weighted by Gasteiger charge is 2.53. The van der Waals surface area contributed by atoms with Crippen molar-refractivity contribution in [3.05, 3.63) is 240 Å². The van der Waals surface area contributed by atoms with Crippen molar-refractivity contribution in [2.75, 3.05) is 0 Å². The fourth-order valence-corrected chi connectivity index (χ4v) is 9.61. The van der Waals surface area contributed by atoms with E-state index in [1.807, 2.05) is 12.1 Å². The van der Waals surface area contributed by atoms with Gasteiger partial charge in [-0.05, 0) is 62.7 Å². The summed E-state index contributed by atoms with van der Waals surface area (Å²) >= 11 is 0. The van der Waals surface area contributed by atoms with Gasteiger partial charge in [0.05, 0.1) is 22.4 Å². The first-order valence-electron chi connectivity index (χ1n) is 20.3. The number of rotatable bonds is 5. The number of hydrogen-bond donors (Lipinski definition) is 0. The first kappa shape index (κ1) is 34.9. The zero-order chi connectivity index (χ0) is 39.6. The van der Waals surface area contributed by atoms with Crippen LogP contribution in [0, 0.1) is 0 Å². The molecule has 2 aliphatic rings. The minimum absolute atomic E-state index is 0.206. The van der Waals surface area contributed by atoms with Gasteiger partial charge in [-0.25, -0.2) is 9.97 Å². The zero-order valence-electron chi connectivity index (χ0n) is 32.9. The molecule has 3 heteroatoms. The average molecular weight is 757 g/mol. The molecule has 0 radical (unpaired) electrons. The van der Waals surface area contributed by atoms with Gasteiger partial charge in [0, 0.05) is 27.7 Å². The second-order valence-electron chi connectivity index (χ2n) is 16.1. The molecule has 59 heavy (non-hydrogen) atoms. The molecular weight excluding hydrogens is 717 g/mol. The van der Waals surface area contributed by atoms with Crippen LogP contribution in [-0.4, -0.2) is 9.97 Å². The van der Waals surface area contributed by atoms with Crippen LogP contribution in [0.1, 0.15) is 47.2 Å². The Morgan fingerprint density at radius 1 is 0.356 bits per heavy atom. The summed E-state index contributed by atoms with van der Waals surface area (Å²) in [7, 11) is 0. The smallest absolute Gasteiger partial charge is 0.164 e. The van der Waals surface area contributed by atoms with Gasteiger partial charge in [-0.3, -0.25) is 0 Å². The summed E-state index contributed by atoms with van der Waals surface area (Å²) < 4.78 is 7.11. The molecule has 0 saturated carbocycles. The molecule has 11 rings (SSSR count). The third-order valence-corrected chi connectivity index (χ3v) is 12.5. The highest BCUT2D eigenvalue weighted by molar-refractivity contribution is 5.82. The number of para-hydroxylation sites is 2. The molecule has 3 nitrogen and oxygen atoms in total. The van der Waals surface area contributed by atoms with Gasteiger partial charge in [0.25, 0.3) is 0 Å². The standard InChI is InChI=1S/C56H40N2O/c1-55(2)44-21-9-11-23-46(44)56(47-24-12-10-22-45(47)55)48-25-13-14-27-52(48)59-53-43(20-15-26-49(53)56)54-57-50(41-32-28-39(29-33-41)37-16-5-3-6-17-37)36-51(58-54)42-34-30-40(31-35-42)38-18-7-4-8-19-38/h3-36H,1-2H3. The van der Waals surface area contributed by atoms with E-state index in [0.29, 0.717) is 5.82 Å². The Balaban J connectivity index is 1.14. The van der Waals surface area contributed by atoms with Gasteiger partial charge in [-0.1, -0.05) is 202 Å². The van der Waals surface area contributed by atoms with Crippen LogP contribution in [0.25, 0.3) is 56.2 Å². The van der Waals surface area contributed by atoms with Crippen LogP contribution in [-0.2, 0) is 10.8 Å². The van der Waals surface area contributed by atoms with E-state index in [-0.39, 0.29) is 5.41 Å². The summed E-state index contributed by atoms with van der Waals surface area (Å²) in [6, 6.07) is 73.4. The minimum atomic E-state index is -0.635. The molecular formula is C56H40N2O. The largest absolute Gasteiger partial charge is 0.456 e. The minimum Gasteiger partial charge on any atom is -0.456 e. The van der Waals surface area contributed by atoms with Gasteiger partial charge >= 0.3 is 0 Å². The van der Waals surface area contributed by atoms with E-state index in [2.05, 4.69) is 208 Å². The van der Waals surface area contributed by atoms with Crippen LogP contribution < -0.4 is 4.74 Å². The van der Waals surface area contributed by atoms with Crippen LogP contribution in [0.3, 0.4) is 0 Å². The van der Waals surface area contributed by atoms with Gasteiger partial charge in [0.1, 0.15) is 11.5 Å². The number of hydrogen-bond acceptors (Lipinski definition) is 3. The van der Waals surface area contributed by atoms with Gasteiger partial charge in [0.2, 0.25) is 0 Å². The zero-order valence-corrected chi connectivity index (χ0v) is 32.9. The first-order chi connectivity index (χ1) is 29.0. The summed E-state index contributed by atoms with van der Waals surface area (Å²) in [6.45, 7) is 4.69. The maximum absolute atomic E-state index is 7.11. The Kier molecular flexibility index (Phi) is 8.06. The summed E-state index contributed by atoms with van der Waals surface area (Å²) in [5.74, 6) is 2.22. The van der Waals surface area contributed by atoms with E-state index in [1.165, 1.54) is 33.4 Å². The van der Waals surface area contributed by atoms with Crippen molar-refractivity contribution in [1.29, 1.82) is 0 Å². The predicted molar refractivity (Wildman–Crippen MR) is 240 cm³/mol. The molecule has 9 aromatic rings. The molecule has 2 heterocycles. The van der Waals surface area contributed by atoms with E-state index in [9.17, 15) is 0 Å². The Morgan fingerprint density at radius 2 is 0.763 bits per heavy atom. The van der Waals surface area contributed by atoms with E-state index in [1.54, 1.807) is 0 Å². The maximum Gasteiger partial charge on any atom is 0.164 e. The molecule has 1 aromatic heterocycles. The molecule has 1 aliphatic carbocycles. The number of fused-ring (bicyclic) bond motifs is 8. The highest BCUT2D eigenvalue weighted by atomic mass is 16.5. The molecule has 0 bridgehead atoms. The number of nitrogens with zero attached hydrogens (tertiary/aromatic N) is 2. The lowest BCUT2D eigenvalue weighted by molar-refractivity contribution is 0.426. The lowest BCUT2D eigenvalue weighted by Crippen LogP contribution is -2.43. The third kappa shape index (κ3) is 5.50. The van der Waals surface area contributed by atoms with Crippen LogP contribution in [0.5, 0.6) is 11.5 Å².